The van der Waals surface area contributed by atoms with Crippen molar-refractivity contribution in [2.45, 2.75) is 25.7 Å². The average Bonchev–Trinajstić information content (AvgIpc) is 2.23. The summed E-state index contributed by atoms with van der Waals surface area (Å²) in [6, 6.07) is 4.37. The number of carbonyl (C=O) groups is 1. The van der Waals surface area contributed by atoms with Gasteiger partial charge in [0.2, 0.25) is 0 Å². The first kappa shape index (κ1) is 13.1. The van der Waals surface area contributed by atoms with Gasteiger partial charge in [-0.15, -0.1) is 0 Å². The zero-order valence-electron chi connectivity index (χ0n) is 9.01. The number of halogens is 2. The van der Waals surface area contributed by atoms with E-state index in [1.807, 2.05) is 0 Å². The van der Waals surface area contributed by atoms with Crippen molar-refractivity contribution in [3.63, 3.8) is 0 Å². The molecule has 0 radical (unpaired) electrons. The van der Waals surface area contributed by atoms with Crippen LogP contribution in [-0.2, 0) is 11.2 Å². The second-order valence-corrected chi connectivity index (χ2v) is 4.13. The van der Waals surface area contributed by atoms with Crippen molar-refractivity contribution < 1.29 is 9.18 Å². The van der Waals surface area contributed by atoms with Crippen molar-refractivity contribution in [3.8, 4) is 0 Å². The van der Waals surface area contributed by atoms with Gasteiger partial charge in [-0.05, 0) is 37.1 Å². The molecular weight excluding hydrogens is 229 g/mol. The first-order valence-corrected chi connectivity index (χ1v) is 5.67. The Morgan fingerprint density at radius 3 is 2.75 bits per heavy atom. The maximum Gasteiger partial charge on any atom is 0.137 e. The summed E-state index contributed by atoms with van der Waals surface area (Å²) in [4.78, 5) is 11.5. The van der Waals surface area contributed by atoms with E-state index in [0.29, 0.717) is 23.6 Å². The van der Waals surface area contributed by atoms with Crippen LogP contribution < -0.4 is 5.73 Å². The van der Waals surface area contributed by atoms with Crippen LogP contribution in [0, 0.1) is 5.82 Å². The second kappa shape index (κ2) is 6.61. The smallest absolute Gasteiger partial charge is 0.137 e. The third-order valence-electron chi connectivity index (χ3n) is 2.31. The number of nitrogens with two attached hydrogens (primary N) is 1. The van der Waals surface area contributed by atoms with Crippen LogP contribution in [-0.4, -0.2) is 12.3 Å². The summed E-state index contributed by atoms with van der Waals surface area (Å²) in [5, 5.41) is 0.344. The molecule has 0 bridgehead atoms. The summed E-state index contributed by atoms with van der Waals surface area (Å²) in [6.07, 6.45) is 2.19. The fourth-order valence-electron chi connectivity index (χ4n) is 1.43. The van der Waals surface area contributed by atoms with E-state index in [9.17, 15) is 9.18 Å². The van der Waals surface area contributed by atoms with Crippen molar-refractivity contribution in [3.05, 3.63) is 34.6 Å². The molecule has 1 aromatic carbocycles. The molecule has 2 nitrogen and oxygen atoms in total. The molecule has 0 spiro atoms. The van der Waals surface area contributed by atoms with Crippen LogP contribution >= 0.6 is 11.6 Å². The minimum atomic E-state index is -0.417. The zero-order valence-corrected chi connectivity index (χ0v) is 9.77. The summed E-state index contributed by atoms with van der Waals surface area (Å²) < 4.78 is 13.3. The minimum Gasteiger partial charge on any atom is -0.330 e. The molecule has 2 N–H and O–H groups in total. The molecule has 1 aromatic rings. The molecule has 16 heavy (non-hydrogen) atoms. The van der Waals surface area contributed by atoms with Crippen molar-refractivity contribution in [1.82, 2.24) is 0 Å². The lowest BCUT2D eigenvalue weighted by molar-refractivity contribution is -0.118. The van der Waals surface area contributed by atoms with Gasteiger partial charge in [0.25, 0.3) is 0 Å². The van der Waals surface area contributed by atoms with E-state index in [2.05, 4.69) is 0 Å². The van der Waals surface area contributed by atoms with Crippen molar-refractivity contribution in [1.29, 1.82) is 0 Å². The van der Waals surface area contributed by atoms with Gasteiger partial charge in [-0.1, -0.05) is 17.7 Å². The van der Waals surface area contributed by atoms with Crippen LogP contribution in [0.25, 0.3) is 0 Å². The predicted molar refractivity (Wildman–Crippen MR) is 63.0 cm³/mol. The molecule has 0 amide bonds. The van der Waals surface area contributed by atoms with Gasteiger partial charge in [0.15, 0.2) is 0 Å². The summed E-state index contributed by atoms with van der Waals surface area (Å²) in [6.45, 7) is 0.586. The number of rotatable bonds is 6. The van der Waals surface area contributed by atoms with Gasteiger partial charge in [-0.2, -0.15) is 0 Å². The quantitative estimate of drug-likeness (QED) is 0.781. The van der Waals surface area contributed by atoms with Gasteiger partial charge in [-0.3, -0.25) is 4.79 Å². The highest BCUT2D eigenvalue weighted by Gasteiger charge is 2.08. The number of carbonyl (C=O) groups excluding carboxylic acids is 1. The van der Waals surface area contributed by atoms with Gasteiger partial charge in [0, 0.05) is 17.9 Å². The van der Waals surface area contributed by atoms with E-state index < -0.39 is 5.82 Å². The highest BCUT2D eigenvalue weighted by molar-refractivity contribution is 6.30. The van der Waals surface area contributed by atoms with Crippen LogP contribution in [0.3, 0.4) is 0 Å². The fourth-order valence-corrected chi connectivity index (χ4v) is 1.59. The molecule has 4 heteroatoms. The molecule has 0 saturated heterocycles. The average molecular weight is 244 g/mol. The Balaban J connectivity index is 2.49. The van der Waals surface area contributed by atoms with Crippen LogP contribution in [0.1, 0.15) is 24.8 Å². The van der Waals surface area contributed by atoms with Crippen LogP contribution in [0.2, 0.25) is 5.02 Å². The molecule has 0 atom stereocenters. The molecule has 0 saturated carbocycles. The number of ketones is 1. The summed E-state index contributed by atoms with van der Waals surface area (Å²) in [5.41, 5.74) is 5.73. The highest BCUT2D eigenvalue weighted by Crippen LogP contribution is 2.15. The highest BCUT2D eigenvalue weighted by atomic mass is 35.5. The first-order chi connectivity index (χ1) is 7.63. The third-order valence-corrected chi connectivity index (χ3v) is 2.55. The molecular formula is C12H15ClFNO. The van der Waals surface area contributed by atoms with Gasteiger partial charge < -0.3 is 5.73 Å². The van der Waals surface area contributed by atoms with E-state index >= 15 is 0 Å². The Morgan fingerprint density at radius 1 is 1.38 bits per heavy atom. The van der Waals surface area contributed by atoms with Gasteiger partial charge >= 0.3 is 0 Å². The molecule has 88 valence electrons. The number of benzene rings is 1. The molecule has 0 unspecified atom stereocenters. The van der Waals surface area contributed by atoms with Gasteiger partial charge in [-0.25, -0.2) is 4.39 Å². The van der Waals surface area contributed by atoms with Crippen LogP contribution in [0.4, 0.5) is 4.39 Å². The molecule has 0 aliphatic heterocycles. The Morgan fingerprint density at radius 2 is 2.12 bits per heavy atom. The van der Waals surface area contributed by atoms with Crippen molar-refractivity contribution >= 4 is 17.4 Å². The molecule has 0 aliphatic rings. The largest absolute Gasteiger partial charge is 0.330 e. The molecule has 1 rings (SSSR count). The van der Waals surface area contributed by atoms with E-state index in [0.717, 1.165) is 12.8 Å². The molecule has 0 heterocycles. The Bertz CT molecular complexity index is 368. The maximum absolute atomic E-state index is 13.3. The zero-order chi connectivity index (χ0) is 12.0. The Kier molecular flexibility index (Phi) is 5.43. The molecule has 0 aromatic heterocycles. The van der Waals surface area contributed by atoms with E-state index in [1.165, 1.54) is 6.07 Å². The number of unbranched alkanes of at least 4 members (excludes halogenated alkanes) is 1. The van der Waals surface area contributed by atoms with E-state index in [4.69, 9.17) is 17.3 Å². The lowest BCUT2D eigenvalue weighted by Gasteiger charge is -2.03. The standard InChI is InChI=1S/C12H15ClFNO/c13-10-5-4-9(12(14)8-10)7-11(16)3-1-2-6-15/h4-5,8H,1-3,6-7,15H2. The predicted octanol–water partition coefficient (Wildman–Crippen LogP) is 2.72. The SMILES string of the molecule is NCCCCC(=O)Cc1ccc(Cl)cc1F. The van der Waals surface area contributed by atoms with E-state index in [1.54, 1.807) is 12.1 Å². The van der Waals surface area contributed by atoms with Gasteiger partial charge in [0.1, 0.15) is 11.6 Å². The van der Waals surface area contributed by atoms with Gasteiger partial charge in [0.05, 0.1) is 0 Å². The normalized spacial score (nSPS) is 10.4. The fraction of sp³-hybridized carbons (Fsp3) is 0.417. The lowest BCUT2D eigenvalue weighted by atomic mass is 10.0. The topological polar surface area (TPSA) is 43.1 Å². The van der Waals surface area contributed by atoms with Crippen LogP contribution in [0.15, 0.2) is 18.2 Å². The second-order valence-electron chi connectivity index (χ2n) is 3.70. The Hall–Kier alpha value is -0.930. The summed E-state index contributed by atoms with van der Waals surface area (Å²) in [7, 11) is 0. The van der Waals surface area contributed by atoms with Crippen LogP contribution in [0.5, 0.6) is 0 Å². The maximum atomic E-state index is 13.3. The van der Waals surface area contributed by atoms with Crippen molar-refractivity contribution in [2.75, 3.05) is 6.54 Å². The number of hydrogen-bond donors (Lipinski definition) is 1. The number of Topliss-reactive ketones (excluding diaryl/α,β-unsaturated/α-hetero) is 1. The first-order valence-electron chi connectivity index (χ1n) is 5.29. The monoisotopic (exact) mass is 243 g/mol. The third kappa shape index (κ3) is 4.29. The van der Waals surface area contributed by atoms with Crippen molar-refractivity contribution in [2.24, 2.45) is 5.73 Å². The minimum absolute atomic E-state index is 0.0367. The molecule has 0 fully saturated rings. The van der Waals surface area contributed by atoms with E-state index in [-0.39, 0.29) is 12.2 Å². The number of hydrogen-bond acceptors (Lipinski definition) is 2. The summed E-state index contributed by atoms with van der Waals surface area (Å²) >= 11 is 5.62. The summed E-state index contributed by atoms with van der Waals surface area (Å²) in [5.74, 6) is -0.380. The molecule has 0 aliphatic carbocycles. The lowest BCUT2D eigenvalue weighted by Crippen LogP contribution is -2.06. The Labute approximate surface area is 99.6 Å².